The minimum absolute atomic E-state index is 0.114. The summed E-state index contributed by atoms with van der Waals surface area (Å²) >= 11 is 0. The molecule has 2 aliphatic carbocycles. The largest absolute Gasteiger partial charge is 0.284 e. The van der Waals surface area contributed by atoms with Crippen LogP contribution in [0.25, 0.3) is 0 Å². The van der Waals surface area contributed by atoms with Gasteiger partial charge < -0.3 is 0 Å². The molecule has 2 atom stereocenters. The average Bonchev–Trinajstić information content (AvgIpc) is 2.88. The zero-order valence-corrected chi connectivity index (χ0v) is 22.2. The number of benzene rings is 2. The van der Waals surface area contributed by atoms with Crippen LogP contribution < -0.4 is 0 Å². The quantitative estimate of drug-likeness (QED) is 0.387. The van der Waals surface area contributed by atoms with E-state index in [0.717, 1.165) is 11.3 Å². The first-order valence-electron chi connectivity index (χ1n) is 13.7. The maximum atomic E-state index is 3.02. The van der Waals surface area contributed by atoms with Gasteiger partial charge in [-0.3, -0.25) is 4.90 Å². The molecule has 0 spiro atoms. The number of hydrogen-bond donors (Lipinski definition) is 0. The van der Waals surface area contributed by atoms with Gasteiger partial charge in [0.2, 0.25) is 0 Å². The third-order valence-corrected chi connectivity index (χ3v) is 14.7. The van der Waals surface area contributed by atoms with E-state index in [1.165, 1.54) is 94.3 Å². The Balaban J connectivity index is 1.47. The second kappa shape index (κ2) is 12.3. The van der Waals surface area contributed by atoms with Crippen molar-refractivity contribution in [3.05, 3.63) is 71.8 Å². The molecule has 1 nitrogen and oxygen atoms in total. The lowest BCUT2D eigenvalue weighted by Gasteiger charge is -2.44. The van der Waals surface area contributed by atoms with Crippen molar-refractivity contribution in [2.75, 3.05) is 24.9 Å². The monoisotopic (exact) mass is 479 g/mol. The van der Waals surface area contributed by atoms with Gasteiger partial charge in [-0.25, -0.2) is 0 Å². The summed E-state index contributed by atoms with van der Waals surface area (Å²) in [5, 5.41) is 0. The summed E-state index contributed by atoms with van der Waals surface area (Å²) in [5.74, 6) is 0. The van der Waals surface area contributed by atoms with Crippen LogP contribution >= 0.6 is 15.8 Å². The molecule has 33 heavy (non-hydrogen) atoms. The molecule has 3 aliphatic rings. The SMILES string of the molecule is c1ccc(C(c2ccccc2)N2C[P@@](C3CCCCC3)CCC[P@](C3CCCCC3)C2)cc1. The summed E-state index contributed by atoms with van der Waals surface area (Å²) in [7, 11) is 0.228. The third-order valence-electron chi connectivity index (χ3n) is 8.40. The van der Waals surface area contributed by atoms with Crippen LogP contribution in [0.1, 0.15) is 87.8 Å². The van der Waals surface area contributed by atoms with Crippen molar-refractivity contribution in [3.8, 4) is 0 Å². The Kier molecular flexibility index (Phi) is 8.93. The van der Waals surface area contributed by atoms with Crippen LogP contribution in [0.5, 0.6) is 0 Å². The van der Waals surface area contributed by atoms with Gasteiger partial charge in [-0.05, 0) is 66.9 Å². The normalized spacial score (nSPS) is 26.7. The summed E-state index contributed by atoms with van der Waals surface area (Å²) in [6.07, 6.45) is 22.3. The van der Waals surface area contributed by atoms with Crippen molar-refractivity contribution >= 4 is 15.8 Å². The molecule has 1 saturated heterocycles. The maximum Gasteiger partial charge on any atom is 0.0608 e. The van der Waals surface area contributed by atoms with Crippen LogP contribution in [-0.4, -0.2) is 41.1 Å². The van der Waals surface area contributed by atoms with E-state index in [4.69, 9.17) is 0 Å². The summed E-state index contributed by atoms with van der Waals surface area (Å²) < 4.78 is 0. The third kappa shape index (κ3) is 6.28. The number of nitrogens with zero attached hydrogens (tertiary/aromatic N) is 1. The highest BCUT2D eigenvalue weighted by molar-refractivity contribution is 7.60. The van der Waals surface area contributed by atoms with Gasteiger partial charge in [0.1, 0.15) is 0 Å². The van der Waals surface area contributed by atoms with Crippen LogP contribution in [0.15, 0.2) is 60.7 Å². The second-order valence-electron chi connectivity index (χ2n) is 10.7. The second-order valence-corrected chi connectivity index (χ2v) is 15.9. The highest BCUT2D eigenvalue weighted by atomic mass is 31.1. The molecule has 2 aromatic rings. The molecule has 0 radical (unpaired) electrons. The Morgan fingerprint density at radius 1 is 0.545 bits per heavy atom. The van der Waals surface area contributed by atoms with Gasteiger partial charge in [-0.15, -0.1) is 0 Å². The predicted octanol–water partition coefficient (Wildman–Crippen LogP) is 9.03. The lowest BCUT2D eigenvalue weighted by Crippen LogP contribution is -2.35. The minimum atomic E-state index is 0.114. The van der Waals surface area contributed by atoms with Gasteiger partial charge in [0, 0.05) is 12.6 Å². The summed E-state index contributed by atoms with van der Waals surface area (Å²) in [6.45, 7) is 0. The van der Waals surface area contributed by atoms with E-state index < -0.39 is 0 Å². The standard InChI is InChI=1S/C30H43NP2/c1-5-14-26(15-6-1)30(27-16-7-2-8-17-27)31-24-32(28-18-9-3-10-19-28)22-13-23-33(25-31)29-20-11-4-12-21-29/h1-2,5-8,14-17,28-30H,3-4,9-13,18-25H2/t32-,33-/m0/s1. The number of rotatable bonds is 5. The zero-order chi connectivity index (χ0) is 22.3. The van der Waals surface area contributed by atoms with Gasteiger partial charge >= 0.3 is 0 Å². The molecule has 3 heteroatoms. The maximum absolute atomic E-state index is 3.02. The lowest BCUT2D eigenvalue weighted by molar-refractivity contribution is 0.304. The molecule has 3 fully saturated rings. The molecular weight excluding hydrogens is 436 g/mol. The van der Waals surface area contributed by atoms with E-state index in [9.17, 15) is 0 Å². The summed E-state index contributed by atoms with van der Waals surface area (Å²) in [4.78, 5) is 3.02. The molecule has 2 saturated carbocycles. The highest BCUT2D eigenvalue weighted by Crippen LogP contribution is 2.57. The van der Waals surface area contributed by atoms with E-state index in [-0.39, 0.29) is 15.8 Å². The molecule has 0 unspecified atom stereocenters. The fraction of sp³-hybridized carbons (Fsp3) is 0.600. The van der Waals surface area contributed by atoms with E-state index >= 15 is 0 Å². The molecule has 0 bridgehead atoms. The first-order chi connectivity index (χ1) is 16.4. The van der Waals surface area contributed by atoms with Crippen molar-refractivity contribution in [1.82, 2.24) is 4.90 Å². The van der Waals surface area contributed by atoms with Gasteiger partial charge in [0.15, 0.2) is 0 Å². The smallest absolute Gasteiger partial charge is 0.0608 e. The first kappa shape index (κ1) is 24.0. The van der Waals surface area contributed by atoms with E-state index in [2.05, 4.69) is 65.6 Å². The fourth-order valence-electron chi connectivity index (χ4n) is 6.67. The van der Waals surface area contributed by atoms with Crippen LogP contribution in [0.4, 0.5) is 0 Å². The van der Waals surface area contributed by atoms with Crippen molar-refractivity contribution in [3.63, 3.8) is 0 Å². The van der Waals surface area contributed by atoms with E-state index in [1.807, 2.05) is 0 Å². The van der Waals surface area contributed by atoms with Crippen LogP contribution in [0.3, 0.4) is 0 Å². The van der Waals surface area contributed by atoms with Gasteiger partial charge in [-0.1, -0.05) is 115 Å². The predicted molar refractivity (Wildman–Crippen MR) is 148 cm³/mol. The summed E-state index contributed by atoms with van der Waals surface area (Å²) in [6, 6.07) is 23.4. The Morgan fingerprint density at radius 2 is 0.970 bits per heavy atom. The average molecular weight is 480 g/mol. The highest BCUT2D eigenvalue weighted by Gasteiger charge is 2.34. The summed E-state index contributed by atoms with van der Waals surface area (Å²) in [5.41, 5.74) is 5.06. The zero-order valence-electron chi connectivity index (χ0n) is 20.5. The Labute approximate surface area is 205 Å². The van der Waals surface area contributed by atoms with E-state index in [1.54, 1.807) is 12.3 Å². The molecule has 178 valence electrons. The Morgan fingerprint density at radius 3 is 1.39 bits per heavy atom. The van der Waals surface area contributed by atoms with Crippen LogP contribution in [0.2, 0.25) is 0 Å². The molecule has 1 heterocycles. The Hall–Kier alpha value is -0.740. The van der Waals surface area contributed by atoms with Gasteiger partial charge in [0.05, 0.1) is 6.04 Å². The molecular formula is C30H43NP2. The Bertz CT molecular complexity index is 746. The lowest BCUT2D eigenvalue weighted by atomic mass is 9.98. The van der Waals surface area contributed by atoms with Crippen molar-refractivity contribution < 1.29 is 0 Å². The van der Waals surface area contributed by atoms with Crippen LogP contribution in [0, 0.1) is 0 Å². The molecule has 0 aromatic heterocycles. The molecule has 1 aliphatic heterocycles. The topological polar surface area (TPSA) is 3.24 Å². The van der Waals surface area contributed by atoms with Gasteiger partial charge in [-0.2, -0.15) is 0 Å². The molecule has 5 rings (SSSR count). The van der Waals surface area contributed by atoms with Crippen molar-refractivity contribution in [1.29, 1.82) is 0 Å². The molecule has 0 N–H and O–H groups in total. The first-order valence-corrected chi connectivity index (χ1v) is 17.3. The molecule has 2 aromatic carbocycles. The molecule has 0 amide bonds. The van der Waals surface area contributed by atoms with Crippen molar-refractivity contribution in [2.45, 2.75) is 88.0 Å². The van der Waals surface area contributed by atoms with E-state index in [0.29, 0.717) is 6.04 Å². The fourth-order valence-corrected chi connectivity index (χ4v) is 13.3. The minimum Gasteiger partial charge on any atom is -0.284 e. The van der Waals surface area contributed by atoms with Crippen molar-refractivity contribution in [2.24, 2.45) is 0 Å². The van der Waals surface area contributed by atoms with Gasteiger partial charge in [0.25, 0.3) is 0 Å². The van der Waals surface area contributed by atoms with Crippen LogP contribution in [-0.2, 0) is 0 Å². The number of hydrogen-bond acceptors (Lipinski definition) is 1.